The van der Waals surface area contributed by atoms with Crippen LogP contribution in [0.1, 0.15) is 12.8 Å². The molecule has 0 aliphatic heterocycles. The third-order valence-electron chi connectivity index (χ3n) is 0.738. The molecule has 48 valence electrons. The third kappa shape index (κ3) is 3.71. The lowest BCUT2D eigenvalue weighted by Crippen LogP contribution is -1.99. The number of rotatable bonds is 4. The van der Waals surface area contributed by atoms with Gasteiger partial charge < -0.3 is 0 Å². The largest absolute Gasteiger partial charge is 0.297 e. The maximum atomic E-state index is 11.2. The highest BCUT2D eigenvalue weighted by molar-refractivity contribution is 5.79. The van der Waals surface area contributed by atoms with Crippen molar-refractivity contribution in [2.45, 2.75) is 12.8 Å². The molecule has 8 heavy (non-hydrogen) atoms. The van der Waals surface area contributed by atoms with Crippen LogP contribution < -0.4 is 0 Å². The number of halogens is 2. The Morgan fingerprint density at radius 1 is 1.38 bits per heavy atom. The van der Waals surface area contributed by atoms with Crippen LogP contribution in [0.3, 0.4) is 0 Å². The Hall–Kier alpha value is -0.470. The van der Waals surface area contributed by atoms with Crippen molar-refractivity contribution in [3.05, 3.63) is 0 Å². The molecule has 0 N–H and O–H groups in total. The van der Waals surface area contributed by atoms with E-state index in [4.69, 9.17) is 0 Å². The van der Waals surface area contributed by atoms with Gasteiger partial charge in [0, 0.05) is 6.42 Å². The SMILES string of the molecule is O=C(CF)CCCF. The van der Waals surface area contributed by atoms with Crippen LogP contribution in [0.25, 0.3) is 0 Å². The summed E-state index contributed by atoms with van der Waals surface area (Å²) in [4.78, 5) is 10.0. The lowest BCUT2D eigenvalue weighted by atomic mass is 10.2. The Morgan fingerprint density at radius 3 is 2.38 bits per heavy atom. The maximum absolute atomic E-state index is 11.2. The van der Waals surface area contributed by atoms with Crippen molar-refractivity contribution in [3.63, 3.8) is 0 Å². The van der Waals surface area contributed by atoms with Gasteiger partial charge in [0.15, 0.2) is 5.78 Å². The molecule has 0 amide bonds. The van der Waals surface area contributed by atoms with E-state index in [1.165, 1.54) is 0 Å². The van der Waals surface area contributed by atoms with Gasteiger partial charge >= 0.3 is 0 Å². The van der Waals surface area contributed by atoms with E-state index < -0.39 is 19.1 Å². The Kier molecular flexibility index (Phi) is 4.41. The zero-order valence-corrected chi connectivity index (χ0v) is 4.49. The van der Waals surface area contributed by atoms with Crippen molar-refractivity contribution in [2.24, 2.45) is 0 Å². The molecule has 0 saturated heterocycles. The summed E-state index contributed by atoms with van der Waals surface area (Å²) in [7, 11) is 0. The van der Waals surface area contributed by atoms with Gasteiger partial charge in [-0.05, 0) is 6.42 Å². The minimum Gasteiger partial charge on any atom is -0.297 e. The zero-order valence-electron chi connectivity index (χ0n) is 4.49. The second-order valence-electron chi connectivity index (χ2n) is 1.46. The van der Waals surface area contributed by atoms with Crippen molar-refractivity contribution in [2.75, 3.05) is 13.3 Å². The van der Waals surface area contributed by atoms with E-state index in [-0.39, 0.29) is 12.8 Å². The van der Waals surface area contributed by atoms with Gasteiger partial charge in [-0.1, -0.05) is 0 Å². The van der Waals surface area contributed by atoms with E-state index >= 15 is 0 Å². The van der Waals surface area contributed by atoms with Gasteiger partial charge in [0.05, 0.1) is 6.67 Å². The fraction of sp³-hybridized carbons (Fsp3) is 0.800. The molecule has 0 rings (SSSR count). The summed E-state index contributed by atoms with van der Waals surface area (Å²) in [6.45, 7) is -1.49. The topological polar surface area (TPSA) is 17.1 Å². The first kappa shape index (κ1) is 7.53. The molecule has 0 spiro atoms. The number of hydrogen-bond acceptors (Lipinski definition) is 1. The second kappa shape index (κ2) is 4.68. The molecule has 0 aliphatic rings. The molecular weight excluding hydrogens is 114 g/mol. The van der Waals surface area contributed by atoms with Gasteiger partial charge in [-0.15, -0.1) is 0 Å². The molecule has 1 nitrogen and oxygen atoms in total. The number of alkyl halides is 2. The van der Waals surface area contributed by atoms with Crippen molar-refractivity contribution < 1.29 is 13.6 Å². The maximum Gasteiger partial charge on any atom is 0.163 e. The van der Waals surface area contributed by atoms with Crippen LogP contribution in [0.4, 0.5) is 8.78 Å². The Morgan fingerprint density at radius 2 is 2.00 bits per heavy atom. The van der Waals surface area contributed by atoms with Crippen molar-refractivity contribution in [1.29, 1.82) is 0 Å². The van der Waals surface area contributed by atoms with Gasteiger partial charge in [0.25, 0.3) is 0 Å². The van der Waals surface area contributed by atoms with E-state index in [1.54, 1.807) is 0 Å². The van der Waals surface area contributed by atoms with Crippen LogP contribution >= 0.6 is 0 Å². The minimum atomic E-state index is -0.958. The number of hydrogen-bond donors (Lipinski definition) is 0. The predicted octanol–water partition coefficient (Wildman–Crippen LogP) is 1.27. The van der Waals surface area contributed by atoms with E-state index in [1.807, 2.05) is 0 Å². The zero-order chi connectivity index (χ0) is 6.41. The van der Waals surface area contributed by atoms with Gasteiger partial charge in [-0.25, -0.2) is 4.39 Å². The molecule has 0 radical (unpaired) electrons. The van der Waals surface area contributed by atoms with Crippen LogP contribution in [0.5, 0.6) is 0 Å². The van der Waals surface area contributed by atoms with Crippen molar-refractivity contribution in [1.82, 2.24) is 0 Å². The van der Waals surface area contributed by atoms with Crippen LogP contribution in [0.2, 0.25) is 0 Å². The fourth-order valence-electron chi connectivity index (χ4n) is 0.331. The number of carbonyl (C=O) groups excluding carboxylic acids is 1. The molecule has 0 aromatic carbocycles. The summed E-state index contributed by atoms with van der Waals surface area (Å²) in [5.74, 6) is -0.511. The Bertz CT molecular complexity index is 72.8. The highest BCUT2D eigenvalue weighted by atomic mass is 19.1. The molecular formula is C5H8F2O. The molecule has 0 aromatic heterocycles. The van der Waals surface area contributed by atoms with E-state index in [0.717, 1.165) is 0 Å². The Labute approximate surface area is 46.7 Å². The van der Waals surface area contributed by atoms with Gasteiger partial charge in [0.2, 0.25) is 0 Å². The van der Waals surface area contributed by atoms with Crippen molar-refractivity contribution >= 4 is 5.78 Å². The fourth-order valence-corrected chi connectivity index (χ4v) is 0.331. The second-order valence-corrected chi connectivity index (χ2v) is 1.46. The normalized spacial score (nSPS) is 9.25. The van der Waals surface area contributed by atoms with Crippen LogP contribution in [-0.2, 0) is 4.79 Å². The summed E-state index contributed by atoms with van der Waals surface area (Å²) in [6, 6.07) is 0. The first-order valence-corrected chi connectivity index (χ1v) is 2.45. The minimum absolute atomic E-state index is 0.0347. The lowest BCUT2D eigenvalue weighted by Gasteiger charge is -1.87. The molecule has 0 heterocycles. The summed E-state index contributed by atoms with van der Waals surface area (Å²) in [6.07, 6.45) is 0.190. The monoisotopic (exact) mass is 122 g/mol. The average Bonchev–Trinajstić information content (AvgIpc) is 1.83. The highest BCUT2D eigenvalue weighted by Gasteiger charge is 1.97. The quantitative estimate of drug-likeness (QED) is 0.548. The number of Topliss-reactive ketones (excluding diaryl/α,β-unsaturated/α-hetero) is 1. The molecule has 0 unspecified atom stereocenters. The van der Waals surface area contributed by atoms with E-state index in [2.05, 4.69) is 0 Å². The van der Waals surface area contributed by atoms with E-state index in [9.17, 15) is 13.6 Å². The molecule has 0 saturated carbocycles. The predicted molar refractivity (Wildman–Crippen MR) is 26.2 cm³/mol. The van der Waals surface area contributed by atoms with Crippen LogP contribution in [0.15, 0.2) is 0 Å². The molecule has 0 aromatic rings. The van der Waals surface area contributed by atoms with Crippen LogP contribution in [-0.4, -0.2) is 19.1 Å². The number of carbonyl (C=O) groups is 1. The lowest BCUT2D eigenvalue weighted by molar-refractivity contribution is -0.120. The molecule has 3 heteroatoms. The summed E-state index contributed by atoms with van der Waals surface area (Å²) in [5.41, 5.74) is 0. The summed E-state index contributed by atoms with van der Waals surface area (Å²) < 4.78 is 22.5. The standard InChI is InChI=1S/C5H8F2O/c6-3-1-2-5(8)4-7/h1-4H2. The average molecular weight is 122 g/mol. The smallest absolute Gasteiger partial charge is 0.163 e. The molecule has 0 atom stereocenters. The first-order valence-electron chi connectivity index (χ1n) is 2.45. The summed E-state index contributed by atoms with van der Waals surface area (Å²) >= 11 is 0. The van der Waals surface area contributed by atoms with Crippen LogP contribution in [0, 0.1) is 0 Å². The van der Waals surface area contributed by atoms with Gasteiger partial charge in [-0.2, -0.15) is 0 Å². The first-order chi connectivity index (χ1) is 3.81. The third-order valence-corrected chi connectivity index (χ3v) is 0.738. The molecule has 0 fully saturated rings. The van der Waals surface area contributed by atoms with Crippen molar-refractivity contribution in [3.8, 4) is 0 Å². The van der Waals surface area contributed by atoms with Gasteiger partial charge in [-0.3, -0.25) is 9.18 Å². The molecule has 0 bridgehead atoms. The highest BCUT2D eigenvalue weighted by Crippen LogP contribution is 1.90. The number of ketones is 1. The van der Waals surface area contributed by atoms with Gasteiger partial charge in [0.1, 0.15) is 6.67 Å². The Balaban J connectivity index is 2.99. The van der Waals surface area contributed by atoms with E-state index in [0.29, 0.717) is 0 Å². The molecule has 0 aliphatic carbocycles. The summed E-state index contributed by atoms with van der Waals surface area (Å²) in [5, 5.41) is 0.